The van der Waals surface area contributed by atoms with Gasteiger partial charge < -0.3 is 0 Å². The summed E-state index contributed by atoms with van der Waals surface area (Å²) in [5, 5.41) is 0. The molecule has 0 saturated carbocycles. The molecule has 3 nitrogen and oxygen atoms in total. The van der Waals surface area contributed by atoms with Gasteiger partial charge in [-0.3, -0.25) is 0 Å². The number of fused-ring (bicyclic) bond motifs is 1. The first-order valence-electron chi connectivity index (χ1n) is 5.23. The molecule has 16 heavy (non-hydrogen) atoms. The molecule has 0 fully saturated rings. The SMILES string of the molecule is O=S(=O)(CBr)NC1CCc2ccccc2C1. The van der Waals surface area contributed by atoms with E-state index in [-0.39, 0.29) is 10.7 Å². The summed E-state index contributed by atoms with van der Waals surface area (Å²) >= 11 is 2.98. The van der Waals surface area contributed by atoms with E-state index in [1.807, 2.05) is 12.1 Å². The lowest BCUT2D eigenvalue weighted by molar-refractivity contribution is 0.510. The van der Waals surface area contributed by atoms with Crippen LogP contribution in [0.5, 0.6) is 0 Å². The van der Waals surface area contributed by atoms with Crippen LogP contribution in [-0.4, -0.2) is 19.1 Å². The standard InChI is InChI=1S/C11H14BrNO2S/c12-8-16(14,15)13-11-6-5-9-3-1-2-4-10(9)7-11/h1-4,11,13H,5-8H2. The van der Waals surface area contributed by atoms with Crippen molar-refractivity contribution in [3.63, 3.8) is 0 Å². The van der Waals surface area contributed by atoms with E-state index in [4.69, 9.17) is 0 Å². The van der Waals surface area contributed by atoms with Crippen molar-refractivity contribution in [2.24, 2.45) is 0 Å². The van der Waals surface area contributed by atoms with Crippen molar-refractivity contribution in [2.75, 3.05) is 4.66 Å². The van der Waals surface area contributed by atoms with Crippen LogP contribution in [0.15, 0.2) is 24.3 Å². The average Bonchev–Trinajstić information content (AvgIpc) is 2.28. The Balaban J connectivity index is 2.09. The molecule has 0 saturated heterocycles. The minimum absolute atomic E-state index is 0.0296. The highest BCUT2D eigenvalue weighted by atomic mass is 79.9. The van der Waals surface area contributed by atoms with Crippen LogP contribution in [0.3, 0.4) is 0 Å². The Hall–Kier alpha value is -0.390. The number of alkyl halides is 1. The average molecular weight is 304 g/mol. The Morgan fingerprint density at radius 1 is 1.31 bits per heavy atom. The van der Waals surface area contributed by atoms with Crippen LogP contribution in [0, 0.1) is 0 Å². The van der Waals surface area contributed by atoms with E-state index in [0.29, 0.717) is 0 Å². The number of hydrogen-bond acceptors (Lipinski definition) is 2. The van der Waals surface area contributed by atoms with Crippen LogP contribution in [-0.2, 0) is 22.9 Å². The highest BCUT2D eigenvalue weighted by molar-refractivity contribution is 9.10. The molecular formula is C11H14BrNO2S. The van der Waals surface area contributed by atoms with Crippen LogP contribution < -0.4 is 4.72 Å². The van der Waals surface area contributed by atoms with Gasteiger partial charge in [-0.25, -0.2) is 13.1 Å². The molecule has 88 valence electrons. The van der Waals surface area contributed by atoms with Gasteiger partial charge in [0.1, 0.15) is 4.66 Å². The molecule has 2 rings (SSSR count). The first-order chi connectivity index (χ1) is 7.61. The zero-order chi connectivity index (χ0) is 11.6. The molecule has 1 aromatic rings. The van der Waals surface area contributed by atoms with Gasteiger partial charge in [-0.05, 0) is 30.4 Å². The lowest BCUT2D eigenvalue weighted by Gasteiger charge is -2.24. The van der Waals surface area contributed by atoms with Gasteiger partial charge in [-0.2, -0.15) is 0 Å². The lowest BCUT2D eigenvalue weighted by atomic mass is 9.89. The third kappa shape index (κ3) is 2.84. The molecule has 1 unspecified atom stereocenters. The van der Waals surface area contributed by atoms with E-state index in [1.54, 1.807) is 0 Å². The predicted octanol–water partition coefficient (Wildman–Crippen LogP) is 1.82. The van der Waals surface area contributed by atoms with Crippen molar-refractivity contribution in [1.82, 2.24) is 4.72 Å². The van der Waals surface area contributed by atoms with Crippen molar-refractivity contribution in [3.05, 3.63) is 35.4 Å². The van der Waals surface area contributed by atoms with E-state index >= 15 is 0 Å². The van der Waals surface area contributed by atoms with Gasteiger partial charge >= 0.3 is 0 Å². The number of hydrogen-bond donors (Lipinski definition) is 1. The summed E-state index contributed by atoms with van der Waals surface area (Å²) < 4.78 is 25.5. The summed E-state index contributed by atoms with van der Waals surface area (Å²) in [5.74, 6) is 0. The van der Waals surface area contributed by atoms with Crippen LogP contribution in [0.2, 0.25) is 0 Å². The van der Waals surface area contributed by atoms with Crippen LogP contribution in [0.25, 0.3) is 0 Å². The number of nitrogens with one attached hydrogen (secondary N) is 1. The van der Waals surface area contributed by atoms with Crippen LogP contribution in [0.1, 0.15) is 17.5 Å². The largest absolute Gasteiger partial charge is 0.221 e. The molecular weight excluding hydrogens is 290 g/mol. The maximum atomic E-state index is 11.4. The van der Waals surface area contributed by atoms with Gasteiger partial charge in [-0.15, -0.1) is 0 Å². The van der Waals surface area contributed by atoms with Crippen LogP contribution >= 0.6 is 15.9 Å². The maximum absolute atomic E-state index is 11.4. The second-order valence-corrected chi connectivity index (χ2v) is 7.11. The van der Waals surface area contributed by atoms with Gasteiger partial charge in [0, 0.05) is 6.04 Å². The fourth-order valence-electron chi connectivity index (χ4n) is 2.08. The lowest BCUT2D eigenvalue weighted by Crippen LogP contribution is -2.39. The number of sulfonamides is 1. The number of benzene rings is 1. The summed E-state index contributed by atoms with van der Waals surface area (Å²) in [6.45, 7) is 0. The molecule has 5 heteroatoms. The molecule has 1 atom stereocenters. The van der Waals surface area contributed by atoms with Gasteiger partial charge in [0.25, 0.3) is 0 Å². The number of aryl methyl sites for hydroxylation is 1. The highest BCUT2D eigenvalue weighted by Gasteiger charge is 2.21. The van der Waals surface area contributed by atoms with Crippen molar-refractivity contribution >= 4 is 26.0 Å². The molecule has 1 aliphatic carbocycles. The normalized spacial score (nSPS) is 20.4. The van der Waals surface area contributed by atoms with Crippen molar-refractivity contribution in [1.29, 1.82) is 0 Å². The summed E-state index contributed by atoms with van der Waals surface area (Å²) in [6.07, 6.45) is 2.62. The minimum atomic E-state index is -3.15. The first-order valence-corrected chi connectivity index (χ1v) is 8.01. The monoisotopic (exact) mass is 303 g/mol. The molecule has 1 aliphatic rings. The molecule has 0 radical (unpaired) electrons. The fourth-order valence-corrected chi connectivity index (χ4v) is 3.25. The molecule has 0 heterocycles. The van der Waals surface area contributed by atoms with E-state index < -0.39 is 10.0 Å². The molecule has 0 amide bonds. The van der Waals surface area contributed by atoms with E-state index in [0.717, 1.165) is 19.3 Å². The third-order valence-corrected chi connectivity index (χ3v) is 5.62. The van der Waals surface area contributed by atoms with Crippen LogP contribution in [0.4, 0.5) is 0 Å². The van der Waals surface area contributed by atoms with E-state index in [2.05, 4.69) is 32.8 Å². The quantitative estimate of drug-likeness (QED) is 0.866. The van der Waals surface area contributed by atoms with Gasteiger partial charge in [-0.1, -0.05) is 40.2 Å². The fraction of sp³-hybridized carbons (Fsp3) is 0.455. The Morgan fingerprint density at radius 2 is 2.00 bits per heavy atom. The molecule has 1 N–H and O–H groups in total. The van der Waals surface area contributed by atoms with Crippen molar-refractivity contribution in [3.8, 4) is 0 Å². The number of halogens is 1. The molecule has 1 aromatic carbocycles. The minimum Gasteiger partial charge on any atom is -0.212 e. The van der Waals surface area contributed by atoms with Gasteiger partial charge in [0.2, 0.25) is 10.0 Å². The summed E-state index contributed by atoms with van der Waals surface area (Å²) in [7, 11) is -3.15. The summed E-state index contributed by atoms with van der Waals surface area (Å²) in [5.41, 5.74) is 2.60. The predicted molar refractivity (Wildman–Crippen MR) is 68.1 cm³/mol. The first kappa shape index (κ1) is 12.1. The zero-order valence-corrected chi connectivity index (χ0v) is 11.2. The molecule has 0 aromatic heterocycles. The Morgan fingerprint density at radius 3 is 2.69 bits per heavy atom. The second-order valence-electron chi connectivity index (χ2n) is 4.05. The Bertz CT molecular complexity index is 473. The maximum Gasteiger partial charge on any atom is 0.221 e. The van der Waals surface area contributed by atoms with Gasteiger partial charge in [0.05, 0.1) is 0 Å². The molecule has 0 spiro atoms. The topological polar surface area (TPSA) is 46.2 Å². The molecule has 0 bridgehead atoms. The van der Waals surface area contributed by atoms with E-state index in [1.165, 1.54) is 11.1 Å². The smallest absolute Gasteiger partial charge is 0.212 e. The Labute approximate surface area is 104 Å². The van der Waals surface area contributed by atoms with Crippen molar-refractivity contribution in [2.45, 2.75) is 25.3 Å². The second kappa shape index (κ2) is 4.85. The zero-order valence-electron chi connectivity index (χ0n) is 8.82. The third-order valence-electron chi connectivity index (χ3n) is 2.84. The number of rotatable bonds is 3. The van der Waals surface area contributed by atoms with Crippen molar-refractivity contribution < 1.29 is 8.42 Å². The highest BCUT2D eigenvalue weighted by Crippen LogP contribution is 2.21. The molecule has 0 aliphatic heterocycles. The van der Waals surface area contributed by atoms with Gasteiger partial charge in [0.15, 0.2) is 0 Å². The summed E-state index contributed by atoms with van der Waals surface area (Å²) in [4.78, 5) is 0. The summed E-state index contributed by atoms with van der Waals surface area (Å²) in [6, 6.07) is 8.26. The van der Waals surface area contributed by atoms with E-state index in [9.17, 15) is 8.42 Å². The Kier molecular flexibility index (Phi) is 3.66.